The van der Waals surface area contributed by atoms with Crippen LogP contribution >= 0.6 is 15.9 Å². The molecule has 1 atom stereocenters. The predicted octanol–water partition coefficient (Wildman–Crippen LogP) is 2.46. The van der Waals surface area contributed by atoms with Gasteiger partial charge >= 0.3 is 5.97 Å². The van der Waals surface area contributed by atoms with E-state index < -0.39 is 5.41 Å². The van der Waals surface area contributed by atoms with E-state index >= 15 is 0 Å². The van der Waals surface area contributed by atoms with E-state index in [9.17, 15) is 9.59 Å². The molecule has 1 aliphatic rings. The van der Waals surface area contributed by atoms with Crippen LogP contribution in [-0.2, 0) is 14.3 Å². The van der Waals surface area contributed by atoms with Gasteiger partial charge in [0.2, 0.25) is 0 Å². The first kappa shape index (κ1) is 12.7. The monoisotopic (exact) mass is 276 g/mol. The average molecular weight is 277 g/mol. The molecular formula is C11H17BrO3. The van der Waals surface area contributed by atoms with E-state index in [2.05, 4.69) is 15.9 Å². The molecule has 0 spiro atoms. The molecule has 1 saturated carbocycles. The van der Waals surface area contributed by atoms with E-state index in [4.69, 9.17) is 4.74 Å². The molecule has 0 bridgehead atoms. The zero-order valence-electron chi connectivity index (χ0n) is 9.05. The standard InChI is InChI=1S/C11H17BrO3/c1-2-15-10(14)11(7-4-8-12)6-3-5-9(11)13/h2-8H2,1H3. The Bertz CT molecular complexity index is 252. The highest BCUT2D eigenvalue weighted by Gasteiger charge is 2.48. The number of hydrogen-bond donors (Lipinski definition) is 0. The number of esters is 1. The lowest BCUT2D eigenvalue weighted by atomic mass is 9.81. The smallest absolute Gasteiger partial charge is 0.319 e. The molecule has 0 saturated heterocycles. The van der Waals surface area contributed by atoms with Gasteiger partial charge in [0.25, 0.3) is 0 Å². The van der Waals surface area contributed by atoms with Gasteiger partial charge in [-0.1, -0.05) is 15.9 Å². The summed E-state index contributed by atoms with van der Waals surface area (Å²) in [5.74, 6) is -0.240. The van der Waals surface area contributed by atoms with Crippen LogP contribution in [0.2, 0.25) is 0 Å². The summed E-state index contributed by atoms with van der Waals surface area (Å²) < 4.78 is 5.02. The van der Waals surface area contributed by atoms with Crippen molar-refractivity contribution in [3.8, 4) is 0 Å². The van der Waals surface area contributed by atoms with E-state index in [1.54, 1.807) is 6.92 Å². The Hall–Kier alpha value is -0.380. The minimum atomic E-state index is -0.816. The average Bonchev–Trinajstić information content (AvgIpc) is 2.58. The predicted molar refractivity (Wildman–Crippen MR) is 61.0 cm³/mol. The minimum Gasteiger partial charge on any atom is -0.465 e. The lowest BCUT2D eigenvalue weighted by Crippen LogP contribution is -2.37. The van der Waals surface area contributed by atoms with Crippen molar-refractivity contribution in [2.45, 2.75) is 39.0 Å². The molecule has 0 N–H and O–H groups in total. The second-order valence-corrected chi connectivity index (χ2v) is 4.66. The first-order valence-electron chi connectivity index (χ1n) is 5.44. The number of hydrogen-bond acceptors (Lipinski definition) is 3. The normalized spacial score (nSPS) is 25.6. The highest BCUT2D eigenvalue weighted by molar-refractivity contribution is 9.09. The van der Waals surface area contributed by atoms with Crippen molar-refractivity contribution in [3.05, 3.63) is 0 Å². The van der Waals surface area contributed by atoms with E-state index in [1.807, 2.05) is 0 Å². The molecule has 0 heterocycles. The van der Waals surface area contributed by atoms with Crippen LogP contribution in [-0.4, -0.2) is 23.7 Å². The van der Waals surface area contributed by atoms with Gasteiger partial charge in [-0.3, -0.25) is 9.59 Å². The Balaban J connectivity index is 2.76. The zero-order chi connectivity index (χ0) is 11.3. The second kappa shape index (κ2) is 5.64. The van der Waals surface area contributed by atoms with Crippen molar-refractivity contribution >= 4 is 27.7 Å². The summed E-state index contributed by atoms with van der Waals surface area (Å²) in [6.07, 6.45) is 3.47. The van der Waals surface area contributed by atoms with Crippen molar-refractivity contribution in [1.82, 2.24) is 0 Å². The lowest BCUT2D eigenvalue weighted by molar-refractivity contribution is -0.159. The van der Waals surface area contributed by atoms with Gasteiger partial charge in [-0.2, -0.15) is 0 Å². The van der Waals surface area contributed by atoms with Gasteiger partial charge in [0.05, 0.1) is 6.61 Å². The quantitative estimate of drug-likeness (QED) is 0.440. The summed E-state index contributed by atoms with van der Waals surface area (Å²) in [6, 6.07) is 0. The number of ketones is 1. The maximum Gasteiger partial charge on any atom is 0.319 e. The fraction of sp³-hybridized carbons (Fsp3) is 0.818. The molecule has 86 valence electrons. The zero-order valence-corrected chi connectivity index (χ0v) is 10.6. The van der Waals surface area contributed by atoms with Crippen LogP contribution in [0.4, 0.5) is 0 Å². The highest BCUT2D eigenvalue weighted by atomic mass is 79.9. The molecule has 0 aromatic heterocycles. The second-order valence-electron chi connectivity index (χ2n) is 3.87. The molecule has 1 rings (SSSR count). The number of Topliss-reactive ketones (excluding diaryl/α,β-unsaturated/α-hetero) is 1. The van der Waals surface area contributed by atoms with E-state index in [-0.39, 0.29) is 11.8 Å². The van der Waals surface area contributed by atoms with E-state index in [1.165, 1.54) is 0 Å². The van der Waals surface area contributed by atoms with Gasteiger partial charge < -0.3 is 4.74 Å². The van der Waals surface area contributed by atoms with Crippen LogP contribution in [0, 0.1) is 5.41 Å². The molecule has 4 heteroatoms. The summed E-state index contributed by atoms with van der Waals surface area (Å²) in [5.41, 5.74) is -0.816. The minimum absolute atomic E-state index is 0.0712. The maximum atomic E-state index is 11.8. The van der Waals surface area contributed by atoms with Crippen molar-refractivity contribution in [2.24, 2.45) is 5.41 Å². The largest absolute Gasteiger partial charge is 0.465 e. The molecule has 1 unspecified atom stereocenters. The summed E-state index contributed by atoms with van der Waals surface area (Å²) >= 11 is 3.33. The van der Waals surface area contributed by atoms with E-state index in [0.717, 1.165) is 18.2 Å². The fourth-order valence-electron chi connectivity index (χ4n) is 2.15. The maximum absolute atomic E-state index is 11.8. The number of ether oxygens (including phenoxy) is 1. The number of carbonyl (C=O) groups is 2. The SMILES string of the molecule is CCOC(=O)C1(CCCBr)CCCC1=O. The van der Waals surface area contributed by atoms with E-state index in [0.29, 0.717) is 25.9 Å². The van der Waals surface area contributed by atoms with Crippen molar-refractivity contribution < 1.29 is 14.3 Å². The number of halogens is 1. The van der Waals surface area contributed by atoms with Crippen LogP contribution in [0.25, 0.3) is 0 Å². The number of alkyl halides is 1. The van der Waals surface area contributed by atoms with Crippen molar-refractivity contribution in [3.63, 3.8) is 0 Å². The third-order valence-electron chi connectivity index (χ3n) is 2.94. The summed E-state index contributed by atoms with van der Waals surface area (Å²) in [7, 11) is 0. The third-order valence-corrected chi connectivity index (χ3v) is 3.51. The molecule has 0 aromatic carbocycles. The first-order chi connectivity index (χ1) is 7.17. The van der Waals surface area contributed by atoms with Crippen molar-refractivity contribution in [2.75, 3.05) is 11.9 Å². The van der Waals surface area contributed by atoms with Gasteiger partial charge in [0.15, 0.2) is 0 Å². The molecule has 15 heavy (non-hydrogen) atoms. The summed E-state index contributed by atoms with van der Waals surface area (Å²) in [4.78, 5) is 23.6. The number of rotatable bonds is 5. The lowest BCUT2D eigenvalue weighted by Gasteiger charge is -2.24. The molecule has 3 nitrogen and oxygen atoms in total. The Morgan fingerprint density at radius 2 is 2.33 bits per heavy atom. The number of carbonyl (C=O) groups excluding carboxylic acids is 2. The van der Waals surface area contributed by atoms with Gasteiger partial charge in [0, 0.05) is 11.8 Å². The Kier molecular flexibility index (Phi) is 4.77. The Labute approximate surface area is 98.7 Å². The van der Waals surface area contributed by atoms with Crippen LogP contribution in [0.3, 0.4) is 0 Å². The molecular weight excluding hydrogens is 260 g/mol. The summed E-state index contributed by atoms with van der Waals surface area (Å²) in [6.45, 7) is 2.12. The fourth-order valence-corrected chi connectivity index (χ4v) is 2.43. The molecule has 0 aromatic rings. The molecule has 1 fully saturated rings. The third kappa shape index (κ3) is 2.60. The van der Waals surface area contributed by atoms with Gasteiger partial charge in [-0.25, -0.2) is 0 Å². The van der Waals surface area contributed by atoms with Crippen LogP contribution in [0.15, 0.2) is 0 Å². The highest BCUT2D eigenvalue weighted by Crippen LogP contribution is 2.40. The van der Waals surface area contributed by atoms with Crippen LogP contribution in [0.5, 0.6) is 0 Å². The van der Waals surface area contributed by atoms with Crippen LogP contribution < -0.4 is 0 Å². The Morgan fingerprint density at radius 3 is 2.80 bits per heavy atom. The Morgan fingerprint density at radius 1 is 1.60 bits per heavy atom. The molecule has 0 amide bonds. The molecule has 1 aliphatic carbocycles. The van der Waals surface area contributed by atoms with Gasteiger partial charge in [0.1, 0.15) is 11.2 Å². The van der Waals surface area contributed by atoms with Gasteiger partial charge in [-0.05, 0) is 32.6 Å². The summed E-state index contributed by atoms with van der Waals surface area (Å²) in [5, 5.41) is 0.821. The topological polar surface area (TPSA) is 43.4 Å². The molecule has 0 aliphatic heterocycles. The molecule has 0 radical (unpaired) electrons. The first-order valence-corrected chi connectivity index (χ1v) is 6.56. The van der Waals surface area contributed by atoms with Crippen LogP contribution in [0.1, 0.15) is 39.0 Å². The van der Waals surface area contributed by atoms with Gasteiger partial charge in [-0.15, -0.1) is 0 Å². The van der Waals surface area contributed by atoms with Crippen molar-refractivity contribution in [1.29, 1.82) is 0 Å².